The quantitative estimate of drug-likeness (QED) is 0.104. The van der Waals surface area contributed by atoms with Crippen molar-refractivity contribution in [3.05, 3.63) is 125 Å². The Morgan fingerprint density at radius 3 is 2.17 bits per heavy atom. The molecule has 9 heteroatoms. The maximum Gasteiger partial charge on any atom is 0.238 e. The molecular formula is C38H38N2O7. The SMILES string of the molecule is O=C1[C@@H]2[C@@H](CC(CO)=C([C@H](O)CC/C(=C/c3ccc(CO)o3)c3ccccc3)[C@@H]2CO)C(=O)N1c1ccc(Nc2ccccc2)cc1. The number of nitrogens with zero attached hydrogens (tertiary/aromatic N) is 1. The molecule has 3 aromatic carbocycles. The third-order valence-corrected chi connectivity index (χ3v) is 9.11. The second kappa shape index (κ2) is 14.3. The highest BCUT2D eigenvalue weighted by Crippen LogP contribution is 2.47. The van der Waals surface area contributed by atoms with Gasteiger partial charge in [-0.3, -0.25) is 14.5 Å². The van der Waals surface area contributed by atoms with E-state index in [1.54, 1.807) is 36.4 Å². The van der Waals surface area contributed by atoms with Crippen LogP contribution in [0.2, 0.25) is 0 Å². The molecule has 0 unspecified atom stereocenters. The molecule has 9 nitrogen and oxygen atoms in total. The number of furan rings is 1. The van der Waals surface area contributed by atoms with Crippen LogP contribution >= 0.6 is 0 Å². The van der Waals surface area contributed by atoms with Gasteiger partial charge in [-0.05, 0) is 96.2 Å². The molecule has 1 fully saturated rings. The van der Waals surface area contributed by atoms with Gasteiger partial charge in [0.15, 0.2) is 0 Å². The van der Waals surface area contributed by atoms with Crippen molar-refractivity contribution in [1.29, 1.82) is 0 Å². The molecule has 242 valence electrons. The van der Waals surface area contributed by atoms with Gasteiger partial charge >= 0.3 is 0 Å². The van der Waals surface area contributed by atoms with E-state index in [9.17, 15) is 30.0 Å². The van der Waals surface area contributed by atoms with E-state index in [-0.39, 0.29) is 25.4 Å². The van der Waals surface area contributed by atoms with Crippen molar-refractivity contribution in [2.45, 2.75) is 32.0 Å². The summed E-state index contributed by atoms with van der Waals surface area (Å²) < 4.78 is 5.68. The monoisotopic (exact) mass is 634 g/mol. The number of imide groups is 1. The lowest BCUT2D eigenvalue weighted by Gasteiger charge is -2.36. The van der Waals surface area contributed by atoms with E-state index in [0.29, 0.717) is 34.8 Å². The van der Waals surface area contributed by atoms with Crippen LogP contribution in [0.25, 0.3) is 11.6 Å². The Morgan fingerprint density at radius 1 is 0.851 bits per heavy atom. The molecule has 4 atom stereocenters. The molecule has 2 amide bonds. The number of rotatable bonds is 12. The first kappa shape index (κ1) is 32.2. The molecule has 1 aliphatic heterocycles. The number of aliphatic hydroxyl groups is 4. The molecule has 0 bridgehead atoms. The number of nitrogens with one attached hydrogen (secondary N) is 1. The summed E-state index contributed by atoms with van der Waals surface area (Å²) in [6.07, 6.45) is 1.56. The first-order valence-electron chi connectivity index (χ1n) is 15.8. The highest BCUT2D eigenvalue weighted by Gasteiger charge is 2.55. The molecule has 0 saturated carbocycles. The summed E-state index contributed by atoms with van der Waals surface area (Å²) in [7, 11) is 0. The number of hydrogen-bond donors (Lipinski definition) is 5. The highest BCUT2D eigenvalue weighted by atomic mass is 16.4. The summed E-state index contributed by atoms with van der Waals surface area (Å²) in [6, 6.07) is 29.8. The lowest BCUT2D eigenvalue weighted by Crippen LogP contribution is -2.39. The average Bonchev–Trinajstić information content (AvgIpc) is 3.67. The van der Waals surface area contributed by atoms with Crippen LogP contribution in [-0.4, -0.2) is 51.6 Å². The van der Waals surface area contributed by atoms with E-state index in [0.717, 1.165) is 22.5 Å². The Kier molecular flexibility index (Phi) is 9.79. The zero-order chi connectivity index (χ0) is 32.9. The van der Waals surface area contributed by atoms with Crippen LogP contribution in [0.4, 0.5) is 17.1 Å². The number of aliphatic hydroxyl groups excluding tert-OH is 4. The van der Waals surface area contributed by atoms with Gasteiger partial charge in [0.2, 0.25) is 11.8 Å². The van der Waals surface area contributed by atoms with E-state index in [4.69, 9.17) is 4.42 Å². The van der Waals surface area contributed by atoms with Crippen LogP contribution in [-0.2, 0) is 16.2 Å². The van der Waals surface area contributed by atoms with Crippen molar-refractivity contribution < 1.29 is 34.4 Å². The second-order valence-electron chi connectivity index (χ2n) is 11.9. The van der Waals surface area contributed by atoms with Gasteiger partial charge in [-0.25, -0.2) is 0 Å². The molecule has 47 heavy (non-hydrogen) atoms. The minimum absolute atomic E-state index is 0.122. The number of benzene rings is 3. The number of para-hydroxylation sites is 1. The third kappa shape index (κ3) is 6.70. The Labute approximate surface area is 273 Å². The van der Waals surface area contributed by atoms with Gasteiger partial charge in [0.25, 0.3) is 0 Å². The molecule has 6 rings (SSSR count). The lowest BCUT2D eigenvalue weighted by atomic mass is 9.68. The number of anilines is 3. The zero-order valence-electron chi connectivity index (χ0n) is 25.8. The van der Waals surface area contributed by atoms with Crippen molar-refractivity contribution in [2.24, 2.45) is 17.8 Å². The number of allylic oxidation sites excluding steroid dienone is 1. The van der Waals surface area contributed by atoms with Crippen LogP contribution in [0.1, 0.15) is 36.3 Å². The summed E-state index contributed by atoms with van der Waals surface area (Å²) in [5, 5.41) is 45.3. The molecule has 0 spiro atoms. The second-order valence-corrected chi connectivity index (χ2v) is 11.9. The Hall–Kier alpha value is -4.80. The number of amides is 2. The summed E-state index contributed by atoms with van der Waals surface area (Å²) in [5.74, 6) is -2.24. The fraction of sp³-hybridized carbons (Fsp3) is 0.263. The van der Waals surface area contributed by atoms with Crippen molar-refractivity contribution in [3.8, 4) is 0 Å². The normalized spacial score (nSPS) is 20.5. The number of carbonyl (C=O) groups excluding carboxylic acids is 2. The Balaban J connectivity index is 1.22. The maximum atomic E-state index is 13.9. The van der Waals surface area contributed by atoms with Gasteiger partial charge in [-0.2, -0.15) is 0 Å². The first-order valence-corrected chi connectivity index (χ1v) is 15.8. The van der Waals surface area contributed by atoms with Crippen molar-refractivity contribution >= 4 is 40.5 Å². The van der Waals surface area contributed by atoms with Crippen LogP contribution in [0.5, 0.6) is 0 Å². The minimum Gasteiger partial charge on any atom is -0.459 e. The van der Waals surface area contributed by atoms with Gasteiger partial charge in [-0.15, -0.1) is 0 Å². The summed E-state index contributed by atoms with van der Waals surface area (Å²) in [6.45, 7) is -1.07. The van der Waals surface area contributed by atoms with Gasteiger partial charge in [-0.1, -0.05) is 48.5 Å². The Bertz CT molecular complexity index is 1760. The van der Waals surface area contributed by atoms with E-state index in [1.165, 1.54) is 4.90 Å². The van der Waals surface area contributed by atoms with Crippen LogP contribution in [0.3, 0.4) is 0 Å². The molecule has 4 aromatic rings. The zero-order valence-corrected chi connectivity index (χ0v) is 25.8. The van der Waals surface area contributed by atoms with Gasteiger partial charge in [0.05, 0.1) is 36.8 Å². The highest BCUT2D eigenvalue weighted by molar-refractivity contribution is 6.22. The third-order valence-electron chi connectivity index (χ3n) is 9.11. The van der Waals surface area contributed by atoms with Crippen LogP contribution < -0.4 is 10.2 Å². The molecule has 1 aliphatic carbocycles. The Morgan fingerprint density at radius 2 is 1.53 bits per heavy atom. The number of fused-ring (bicyclic) bond motifs is 1. The van der Waals surface area contributed by atoms with Crippen LogP contribution in [0.15, 0.2) is 113 Å². The van der Waals surface area contributed by atoms with E-state index in [2.05, 4.69) is 5.32 Å². The van der Waals surface area contributed by atoms with Crippen LogP contribution in [0, 0.1) is 17.8 Å². The van der Waals surface area contributed by atoms with Gasteiger partial charge < -0.3 is 30.2 Å². The van der Waals surface area contributed by atoms with Gasteiger partial charge in [0, 0.05) is 17.3 Å². The van der Waals surface area contributed by atoms with E-state index >= 15 is 0 Å². The largest absolute Gasteiger partial charge is 0.459 e. The van der Waals surface area contributed by atoms with Gasteiger partial charge in [0.1, 0.15) is 18.1 Å². The summed E-state index contributed by atoms with van der Waals surface area (Å²) in [5.41, 5.74) is 4.84. The predicted octanol–water partition coefficient (Wildman–Crippen LogP) is 5.30. The van der Waals surface area contributed by atoms with Crippen molar-refractivity contribution in [1.82, 2.24) is 0 Å². The molecule has 2 heterocycles. The van der Waals surface area contributed by atoms with Crippen molar-refractivity contribution in [3.63, 3.8) is 0 Å². The smallest absolute Gasteiger partial charge is 0.238 e. The van der Waals surface area contributed by atoms with E-state index in [1.807, 2.05) is 66.7 Å². The lowest BCUT2D eigenvalue weighted by molar-refractivity contribution is -0.123. The molecule has 1 saturated heterocycles. The predicted molar refractivity (Wildman–Crippen MR) is 179 cm³/mol. The average molecular weight is 635 g/mol. The molecule has 5 N–H and O–H groups in total. The number of hydrogen-bond acceptors (Lipinski definition) is 8. The number of carbonyl (C=O) groups is 2. The topological polar surface area (TPSA) is 143 Å². The van der Waals surface area contributed by atoms with E-state index < -0.39 is 43.0 Å². The standard InChI is InChI=1S/C38H38N2O7/c41-21-26-20-32-36(38(46)40(37(32)45)29-14-12-28(13-15-29)39-27-9-5-2-6-10-27)33(23-43)35(26)34(44)18-11-25(24-7-3-1-4-8-24)19-30-16-17-31(22-42)47-30/h1-10,12-17,19,32-34,36,39,41-44H,11,18,20-23H2/b25-19-/t32-,33+,34-,36-/m1/s1. The fourth-order valence-electron chi connectivity index (χ4n) is 6.87. The molecule has 2 aliphatic rings. The summed E-state index contributed by atoms with van der Waals surface area (Å²) >= 11 is 0. The maximum absolute atomic E-state index is 13.9. The van der Waals surface area contributed by atoms with Crippen molar-refractivity contribution in [2.75, 3.05) is 23.4 Å². The molecule has 0 radical (unpaired) electrons. The first-order chi connectivity index (χ1) is 22.9. The molecular weight excluding hydrogens is 596 g/mol. The molecule has 1 aromatic heterocycles. The summed E-state index contributed by atoms with van der Waals surface area (Å²) in [4.78, 5) is 28.8. The fourth-order valence-corrected chi connectivity index (χ4v) is 6.87. The minimum atomic E-state index is -1.08.